The zero-order chi connectivity index (χ0) is 19.9. The van der Waals surface area contributed by atoms with Crippen LogP contribution in [0.4, 0.5) is 0 Å². The van der Waals surface area contributed by atoms with Crippen LogP contribution < -0.4 is 9.47 Å². The number of para-hydroxylation sites is 2. The van der Waals surface area contributed by atoms with E-state index in [1.54, 1.807) is 24.3 Å². The van der Waals surface area contributed by atoms with Crippen LogP contribution in [-0.2, 0) is 16.1 Å². The summed E-state index contributed by atoms with van der Waals surface area (Å²) in [6.45, 7) is 3.39. The number of hydrogen-bond acceptors (Lipinski definition) is 7. The molecule has 1 atom stereocenters. The number of esters is 1. The average molecular weight is 404 g/mol. The highest BCUT2D eigenvalue weighted by Crippen LogP contribution is 2.27. The molecule has 2 aromatic rings. The molecular weight excluding hydrogens is 380 g/mol. The molecule has 1 amide bonds. The predicted octanol–water partition coefficient (Wildman–Crippen LogP) is 3.15. The number of methoxy groups -OCH3 is 1. The fourth-order valence-electron chi connectivity index (χ4n) is 3.13. The first-order valence-electron chi connectivity index (χ1n) is 9.28. The van der Waals surface area contributed by atoms with E-state index >= 15 is 0 Å². The summed E-state index contributed by atoms with van der Waals surface area (Å²) in [5, 5.41) is 2.44. The van der Waals surface area contributed by atoms with Gasteiger partial charge in [-0.1, -0.05) is 12.1 Å². The fraction of sp³-hybridized carbons (Fsp3) is 0.450. The first kappa shape index (κ1) is 20.1. The Kier molecular flexibility index (Phi) is 6.86. The minimum atomic E-state index is -0.260. The number of benzene rings is 1. The highest BCUT2D eigenvalue weighted by atomic mass is 32.1. The van der Waals surface area contributed by atoms with Crippen LogP contribution in [0.15, 0.2) is 29.6 Å². The maximum atomic E-state index is 12.8. The van der Waals surface area contributed by atoms with Crippen molar-refractivity contribution >= 4 is 23.2 Å². The Hall–Kier alpha value is -2.61. The molecule has 3 rings (SSSR count). The fourth-order valence-corrected chi connectivity index (χ4v) is 3.81. The summed E-state index contributed by atoms with van der Waals surface area (Å²) >= 11 is 1.37. The summed E-state index contributed by atoms with van der Waals surface area (Å²) < 4.78 is 16.1. The first-order valence-corrected chi connectivity index (χ1v) is 10.2. The number of nitrogens with zero attached hydrogens (tertiary/aromatic N) is 2. The standard InChI is InChI=1S/C20H24N2O5S/c1-3-26-20(24)14-7-6-10-22(11-14)19(23)15-13-28-18(21-15)12-27-17-9-5-4-8-16(17)25-2/h4-5,8-9,13-14H,3,6-7,10-12H2,1-2H3/t14-/m1/s1. The number of ether oxygens (including phenoxy) is 3. The smallest absolute Gasteiger partial charge is 0.310 e. The van der Waals surface area contributed by atoms with E-state index in [0.29, 0.717) is 41.9 Å². The third kappa shape index (κ3) is 4.81. The zero-order valence-corrected chi connectivity index (χ0v) is 16.9. The van der Waals surface area contributed by atoms with Gasteiger partial charge >= 0.3 is 5.97 Å². The van der Waals surface area contributed by atoms with E-state index in [0.717, 1.165) is 12.8 Å². The lowest BCUT2D eigenvalue weighted by molar-refractivity contribution is -0.149. The van der Waals surface area contributed by atoms with E-state index in [1.807, 2.05) is 24.3 Å². The van der Waals surface area contributed by atoms with E-state index in [4.69, 9.17) is 14.2 Å². The summed E-state index contributed by atoms with van der Waals surface area (Å²) in [7, 11) is 1.59. The number of carbonyl (C=O) groups excluding carboxylic acids is 2. The van der Waals surface area contributed by atoms with Gasteiger partial charge in [0.2, 0.25) is 0 Å². The van der Waals surface area contributed by atoms with E-state index in [9.17, 15) is 9.59 Å². The van der Waals surface area contributed by atoms with Crippen molar-refractivity contribution in [2.24, 2.45) is 5.92 Å². The molecule has 1 aromatic heterocycles. The summed E-state index contributed by atoms with van der Waals surface area (Å²) in [4.78, 5) is 30.8. The number of piperidine rings is 1. The largest absolute Gasteiger partial charge is 0.493 e. The van der Waals surface area contributed by atoms with Crippen LogP contribution >= 0.6 is 11.3 Å². The second kappa shape index (κ2) is 9.54. The predicted molar refractivity (Wildman–Crippen MR) is 105 cm³/mol. The summed E-state index contributed by atoms with van der Waals surface area (Å²) in [5.41, 5.74) is 0.383. The van der Waals surface area contributed by atoms with Crippen LogP contribution in [0.2, 0.25) is 0 Å². The van der Waals surface area contributed by atoms with Gasteiger partial charge in [-0.15, -0.1) is 11.3 Å². The normalized spacial score (nSPS) is 16.5. The second-order valence-electron chi connectivity index (χ2n) is 6.41. The monoisotopic (exact) mass is 404 g/mol. The molecule has 150 valence electrons. The van der Waals surface area contributed by atoms with Crippen molar-refractivity contribution in [3.8, 4) is 11.5 Å². The number of carbonyl (C=O) groups is 2. The lowest BCUT2D eigenvalue weighted by atomic mass is 9.98. The Morgan fingerprint density at radius 1 is 1.29 bits per heavy atom. The average Bonchev–Trinajstić information content (AvgIpc) is 3.21. The molecule has 2 heterocycles. The van der Waals surface area contributed by atoms with Crippen LogP contribution in [0.5, 0.6) is 11.5 Å². The Bertz CT molecular complexity index is 822. The molecule has 0 unspecified atom stereocenters. The Balaban J connectivity index is 1.60. The number of hydrogen-bond donors (Lipinski definition) is 0. The molecule has 0 saturated carbocycles. The second-order valence-corrected chi connectivity index (χ2v) is 7.35. The molecule has 1 aliphatic rings. The number of rotatable bonds is 7. The van der Waals surface area contributed by atoms with Gasteiger partial charge in [-0.05, 0) is 31.9 Å². The van der Waals surface area contributed by atoms with Crippen molar-refractivity contribution in [3.63, 3.8) is 0 Å². The van der Waals surface area contributed by atoms with Crippen molar-refractivity contribution in [2.45, 2.75) is 26.4 Å². The minimum absolute atomic E-state index is 0.159. The molecule has 0 spiro atoms. The minimum Gasteiger partial charge on any atom is -0.493 e. The van der Waals surface area contributed by atoms with Crippen molar-refractivity contribution < 1.29 is 23.8 Å². The number of amides is 1. The third-order valence-corrected chi connectivity index (χ3v) is 5.34. The van der Waals surface area contributed by atoms with Crippen LogP contribution in [0, 0.1) is 5.92 Å². The number of aromatic nitrogens is 1. The molecule has 1 aliphatic heterocycles. The topological polar surface area (TPSA) is 78.0 Å². The van der Waals surface area contributed by atoms with Gasteiger partial charge in [-0.2, -0.15) is 0 Å². The molecule has 1 aromatic carbocycles. The van der Waals surface area contributed by atoms with Gasteiger partial charge < -0.3 is 19.1 Å². The maximum Gasteiger partial charge on any atom is 0.310 e. The van der Waals surface area contributed by atoms with Gasteiger partial charge in [-0.3, -0.25) is 9.59 Å². The van der Waals surface area contributed by atoms with Crippen LogP contribution in [0.3, 0.4) is 0 Å². The highest BCUT2D eigenvalue weighted by Gasteiger charge is 2.30. The van der Waals surface area contributed by atoms with Gasteiger partial charge in [0.25, 0.3) is 5.91 Å². The molecule has 0 N–H and O–H groups in total. The number of thiazole rings is 1. The molecule has 0 radical (unpaired) electrons. The van der Waals surface area contributed by atoms with Crippen LogP contribution in [0.25, 0.3) is 0 Å². The first-order chi connectivity index (χ1) is 13.6. The van der Waals surface area contributed by atoms with Gasteiger partial charge in [0, 0.05) is 18.5 Å². The van der Waals surface area contributed by atoms with Gasteiger partial charge in [0.05, 0.1) is 19.6 Å². The number of likely N-dealkylation sites (tertiary alicyclic amines) is 1. The van der Waals surface area contributed by atoms with E-state index in [-0.39, 0.29) is 24.4 Å². The van der Waals surface area contributed by atoms with Crippen molar-refractivity contribution in [2.75, 3.05) is 26.8 Å². The lowest BCUT2D eigenvalue weighted by Gasteiger charge is -2.31. The maximum absolute atomic E-state index is 12.8. The Labute approximate surface area is 168 Å². The van der Waals surface area contributed by atoms with Crippen molar-refractivity contribution in [1.29, 1.82) is 0 Å². The zero-order valence-electron chi connectivity index (χ0n) is 16.1. The summed E-state index contributed by atoms with van der Waals surface area (Å²) in [6, 6.07) is 7.38. The van der Waals surface area contributed by atoms with E-state index in [2.05, 4.69) is 4.98 Å². The van der Waals surface area contributed by atoms with E-state index in [1.165, 1.54) is 11.3 Å². The lowest BCUT2D eigenvalue weighted by Crippen LogP contribution is -2.43. The highest BCUT2D eigenvalue weighted by molar-refractivity contribution is 7.09. The molecular formula is C20H24N2O5S. The summed E-state index contributed by atoms with van der Waals surface area (Å²) in [6.07, 6.45) is 1.53. The quantitative estimate of drug-likeness (QED) is 0.660. The van der Waals surface area contributed by atoms with Crippen LogP contribution in [0.1, 0.15) is 35.3 Å². The third-order valence-electron chi connectivity index (χ3n) is 4.52. The molecule has 28 heavy (non-hydrogen) atoms. The van der Waals surface area contributed by atoms with Gasteiger partial charge in [0.15, 0.2) is 11.5 Å². The summed E-state index contributed by atoms with van der Waals surface area (Å²) in [5.74, 6) is 0.623. The molecule has 0 bridgehead atoms. The molecule has 7 nitrogen and oxygen atoms in total. The molecule has 8 heteroatoms. The van der Waals surface area contributed by atoms with E-state index < -0.39 is 0 Å². The Morgan fingerprint density at radius 2 is 2.07 bits per heavy atom. The molecule has 1 fully saturated rings. The van der Waals surface area contributed by atoms with Gasteiger partial charge in [0.1, 0.15) is 17.3 Å². The van der Waals surface area contributed by atoms with Crippen molar-refractivity contribution in [3.05, 3.63) is 40.3 Å². The Morgan fingerprint density at radius 3 is 2.82 bits per heavy atom. The molecule has 1 saturated heterocycles. The van der Waals surface area contributed by atoms with Crippen LogP contribution in [-0.4, -0.2) is 48.6 Å². The van der Waals surface area contributed by atoms with Crippen molar-refractivity contribution in [1.82, 2.24) is 9.88 Å². The molecule has 0 aliphatic carbocycles. The SMILES string of the molecule is CCOC(=O)[C@@H]1CCCN(C(=O)c2csc(COc3ccccc3OC)n2)C1. The van der Waals surface area contributed by atoms with Gasteiger partial charge in [-0.25, -0.2) is 4.98 Å².